The largest absolute Gasteiger partial charge is 0.497 e. The molecule has 2 amide bonds. The van der Waals surface area contributed by atoms with Gasteiger partial charge in [-0.15, -0.1) is 0 Å². The number of carbonyl (C=O) groups excluding carboxylic acids is 2. The van der Waals surface area contributed by atoms with E-state index in [9.17, 15) is 14.0 Å². The van der Waals surface area contributed by atoms with E-state index in [4.69, 9.17) is 4.74 Å². The van der Waals surface area contributed by atoms with Crippen LogP contribution in [-0.4, -0.2) is 43.5 Å². The van der Waals surface area contributed by atoms with Crippen molar-refractivity contribution in [1.82, 2.24) is 10.2 Å². The Kier molecular flexibility index (Phi) is 7.08. The predicted octanol–water partition coefficient (Wildman–Crippen LogP) is 4.27. The number of methoxy groups -OCH3 is 1. The number of nitrogens with zero attached hydrogens (tertiary/aromatic N) is 1. The molecule has 1 aliphatic rings. The molecule has 0 aliphatic heterocycles. The van der Waals surface area contributed by atoms with Gasteiger partial charge in [-0.25, -0.2) is 4.39 Å². The van der Waals surface area contributed by atoms with E-state index in [1.54, 1.807) is 41.3 Å². The van der Waals surface area contributed by atoms with Crippen molar-refractivity contribution < 1.29 is 18.7 Å². The zero-order valence-corrected chi connectivity index (χ0v) is 17.8. The monoisotopic (exact) mass is 412 g/mol. The molecule has 0 aromatic heterocycles. The average molecular weight is 413 g/mol. The minimum Gasteiger partial charge on any atom is -0.497 e. The molecule has 2 aromatic rings. The van der Waals surface area contributed by atoms with Gasteiger partial charge in [0.1, 0.15) is 11.6 Å². The molecule has 2 aromatic carbocycles. The van der Waals surface area contributed by atoms with E-state index in [0.717, 1.165) is 19.3 Å². The van der Waals surface area contributed by atoms with E-state index in [2.05, 4.69) is 5.32 Å². The molecule has 1 unspecified atom stereocenters. The predicted molar refractivity (Wildman–Crippen MR) is 115 cm³/mol. The van der Waals surface area contributed by atoms with Crippen LogP contribution in [0.1, 0.15) is 43.0 Å². The maximum absolute atomic E-state index is 14.3. The van der Waals surface area contributed by atoms with Gasteiger partial charge in [0, 0.05) is 43.2 Å². The summed E-state index contributed by atoms with van der Waals surface area (Å²) in [5, 5.41) is 2.95. The van der Waals surface area contributed by atoms with Gasteiger partial charge in [-0.2, -0.15) is 0 Å². The van der Waals surface area contributed by atoms with Crippen LogP contribution in [0.5, 0.6) is 5.75 Å². The van der Waals surface area contributed by atoms with Crippen LogP contribution in [0.15, 0.2) is 42.5 Å². The van der Waals surface area contributed by atoms with Gasteiger partial charge >= 0.3 is 0 Å². The van der Waals surface area contributed by atoms with Gasteiger partial charge in [0.15, 0.2) is 0 Å². The Morgan fingerprint density at radius 2 is 1.90 bits per heavy atom. The Labute approximate surface area is 177 Å². The van der Waals surface area contributed by atoms with Crippen LogP contribution in [0, 0.1) is 11.7 Å². The summed E-state index contributed by atoms with van der Waals surface area (Å²) in [5.74, 6) is 0.531. The van der Waals surface area contributed by atoms with Crippen molar-refractivity contribution in [1.29, 1.82) is 0 Å². The fourth-order valence-electron chi connectivity index (χ4n) is 3.99. The van der Waals surface area contributed by atoms with Gasteiger partial charge in [0.05, 0.1) is 7.11 Å². The van der Waals surface area contributed by atoms with Crippen molar-refractivity contribution in [2.24, 2.45) is 5.92 Å². The van der Waals surface area contributed by atoms with Gasteiger partial charge in [0.25, 0.3) is 5.91 Å². The van der Waals surface area contributed by atoms with E-state index in [1.165, 1.54) is 13.2 Å². The molecule has 1 fully saturated rings. The molecule has 0 saturated heterocycles. The molecule has 160 valence electrons. The van der Waals surface area contributed by atoms with E-state index in [-0.39, 0.29) is 23.7 Å². The second-order valence-corrected chi connectivity index (χ2v) is 7.83. The Morgan fingerprint density at radius 1 is 1.17 bits per heavy atom. The minimum atomic E-state index is -0.363. The lowest BCUT2D eigenvalue weighted by atomic mass is 10.0. The lowest BCUT2D eigenvalue weighted by molar-refractivity contribution is -0.120. The third kappa shape index (κ3) is 4.99. The standard InChI is InChI=1S/C24H29FN2O3/c1-4-23(28)26-15-16-5-10-19(13-16)27(2)24(29)18-8-6-17(7-9-18)21-12-11-20(30-3)14-22(21)25/h6-9,11-12,14,16,19H,4-5,10,13,15H2,1-3H3,(H,26,28)/t16?,19-/m0/s1. The smallest absolute Gasteiger partial charge is 0.253 e. The lowest BCUT2D eigenvalue weighted by Gasteiger charge is -2.25. The van der Waals surface area contributed by atoms with Crippen molar-refractivity contribution in [3.05, 3.63) is 53.8 Å². The summed E-state index contributed by atoms with van der Waals surface area (Å²) in [5.41, 5.74) is 1.76. The van der Waals surface area contributed by atoms with Crippen molar-refractivity contribution >= 4 is 11.8 Å². The number of hydrogen-bond donors (Lipinski definition) is 1. The highest BCUT2D eigenvalue weighted by Crippen LogP contribution is 2.30. The number of halogens is 1. The highest BCUT2D eigenvalue weighted by atomic mass is 19.1. The zero-order valence-electron chi connectivity index (χ0n) is 17.8. The van der Waals surface area contributed by atoms with Gasteiger partial charge in [-0.3, -0.25) is 9.59 Å². The molecule has 30 heavy (non-hydrogen) atoms. The Hall–Kier alpha value is -2.89. The van der Waals surface area contributed by atoms with Crippen LogP contribution in [-0.2, 0) is 4.79 Å². The van der Waals surface area contributed by atoms with E-state index >= 15 is 0 Å². The quantitative estimate of drug-likeness (QED) is 0.739. The third-order valence-electron chi connectivity index (χ3n) is 5.91. The fraction of sp³-hybridized carbons (Fsp3) is 0.417. The number of benzene rings is 2. The number of rotatable bonds is 7. The van der Waals surface area contributed by atoms with E-state index < -0.39 is 0 Å². The Morgan fingerprint density at radius 3 is 2.53 bits per heavy atom. The van der Waals surface area contributed by atoms with Gasteiger partial charge in [-0.05, 0) is 55.0 Å². The van der Waals surface area contributed by atoms with E-state index in [1.807, 2.05) is 14.0 Å². The van der Waals surface area contributed by atoms with Crippen LogP contribution in [0.2, 0.25) is 0 Å². The van der Waals surface area contributed by atoms with Gasteiger partial charge < -0.3 is 15.0 Å². The number of hydrogen-bond acceptors (Lipinski definition) is 3. The van der Waals surface area contributed by atoms with Gasteiger partial charge in [-0.1, -0.05) is 19.1 Å². The zero-order chi connectivity index (χ0) is 21.7. The molecular formula is C24H29FN2O3. The second-order valence-electron chi connectivity index (χ2n) is 7.83. The van der Waals surface area contributed by atoms with E-state index in [0.29, 0.717) is 41.3 Å². The summed E-state index contributed by atoms with van der Waals surface area (Å²) in [6, 6.07) is 11.9. The Balaban J connectivity index is 1.62. The van der Waals surface area contributed by atoms with Crippen molar-refractivity contribution in [2.45, 2.75) is 38.6 Å². The first-order valence-electron chi connectivity index (χ1n) is 10.4. The molecule has 2 atom stereocenters. The van der Waals surface area contributed by atoms with Crippen LogP contribution in [0.25, 0.3) is 11.1 Å². The first-order valence-corrected chi connectivity index (χ1v) is 10.4. The second kappa shape index (κ2) is 9.74. The summed E-state index contributed by atoms with van der Waals surface area (Å²) in [6.45, 7) is 2.51. The topological polar surface area (TPSA) is 58.6 Å². The molecule has 1 saturated carbocycles. The first-order chi connectivity index (χ1) is 14.4. The van der Waals surface area contributed by atoms with Crippen molar-refractivity contribution in [2.75, 3.05) is 20.7 Å². The molecule has 6 heteroatoms. The average Bonchev–Trinajstić information content (AvgIpc) is 3.25. The molecule has 0 heterocycles. The number of carbonyl (C=O) groups is 2. The number of nitrogens with one attached hydrogen (secondary N) is 1. The highest BCUT2D eigenvalue weighted by molar-refractivity contribution is 5.94. The lowest BCUT2D eigenvalue weighted by Crippen LogP contribution is -2.36. The highest BCUT2D eigenvalue weighted by Gasteiger charge is 2.30. The molecule has 3 rings (SSSR count). The molecule has 1 N–H and O–H groups in total. The van der Waals surface area contributed by atoms with Crippen LogP contribution in [0.4, 0.5) is 4.39 Å². The number of amides is 2. The summed E-state index contributed by atoms with van der Waals surface area (Å²) in [7, 11) is 3.33. The minimum absolute atomic E-state index is 0.0417. The Bertz CT molecular complexity index is 898. The third-order valence-corrected chi connectivity index (χ3v) is 5.91. The molecular weight excluding hydrogens is 383 g/mol. The maximum atomic E-state index is 14.3. The first kappa shape index (κ1) is 21.8. The normalized spacial score (nSPS) is 18.1. The molecule has 1 aliphatic carbocycles. The molecule has 5 nitrogen and oxygen atoms in total. The summed E-state index contributed by atoms with van der Waals surface area (Å²) >= 11 is 0. The molecule has 0 bridgehead atoms. The van der Waals surface area contributed by atoms with Crippen molar-refractivity contribution in [3.8, 4) is 16.9 Å². The summed E-state index contributed by atoms with van der Waals surface area (Å²) in [4.78, 5) is 26.2. The molecule has 0 spiro atoms. The fourth-order valence-corrected chi connectivity index (χ4v) is 3.99. The van der Waals surface area contributed by atoms with Gasteiger partial charge in [0.2, 0.25) is 5.91 Å². The summed E-state index contributed by atoms with van der Waals surface area (Å²) in [6.07, 6.45) is 3.32. The number of ether oxygens (including phenoxy) is 1. The van der Waals surface area contributed by atoms with Crippen LogP contribution < -0.4 is 10.1 Å². The van der Waals surface area contributed by atoms with Crippen molar-refractivity contribution in [3.63, 3.8) is 0 Å². The maximum Gasteiger partial charge on any atom is 0.253 e. The molecule has 0 radical (unpaired) electrons. The van der Waals surface area contributed by atoms with Crippen LogP contribution in [0.3, 0.4) is 0 Å². The summed E-state index contributed by atoms with van der Waals surface area (Å²) < 4.78 is 19.3. The SMILES string of the molecule is CCC(=O)NCC1CC[C@H](N(C)C(=O)c2ccc(-c3ccc(OC)cc3F)cc2)C1. The van der Waals surface area contributed by atoms with Crippen LogP contribution >= 0.6 is 0 Å².